The Bertz CT molecular complexity index is 816. The van der Waals surface area contributed by atoms with Crippen LogP contribution >= 0.6 is 11.3 Å². The van der Waals surface area contributed by atoms with E-state index in [0.29, 0.717) is 37.1 Å². The Morgan fingerprint density at radius 2 is 2.35 bits per heavy atom. The zero-order chi connectivity index (χ0) is 18.5. The van der Waals surface area contributed by atoms with Crippen LogP contribution in [0.4, 0.5) is 10.7 Å². The first kappa shape index (κ1) is 18.1. The molecule has 0 radical (unpaired) electrons. The predicted octanol–water partition coefficient (Wildman–Crippen LogP) is 1.76. The van der Waals surface area contributed by atoms with Crippen LogP contribution in [0.1, 0.15) is 21.6 Å². The highest BCUT2D eigenvalue weighted by molar-refractivity contribution is 7.12. The van der Waals surface area contributed by atoms with Gasteiger partial charge in [-0.1, -0.05) is 0 Å². The van der Waals surface area contributed by atoms with E-state index in [-0.39, 0.29) is 12.1 Å². The largest absolute Gasteiger partial charge is 0.368 e. The highest BCUT2D eigenvalue weighted by Gasteiger charge is 2.26. The van der Waals surface area contributed by atoms with Crippen LogP contribution in [0.25, 0.3) is 0 Å². The summed E-state index contributed by atoms with van der Waals surface area (Å²) in [6.45, 7) is 1.83. The molecule has 9 heteroatoms. The quantitative estimate of drug-likeness (QED) is 0.879. The second-order valence-electron chi connectivity index (χ2n) is 6.02. The van der Waals surface area contributed by atoms with Crippen LogP contribution in [-0.4, -0.2) is 54.7 Å². The van der Waals surface area contributed by atoms with Crippen LogP contribution in [0.3, 0.4) is 0 Å². The van der Waals surface area contributed by atoms with Crippen molar-refractivity contribution in [3.05, 3.63) is 39.8 Å². The number of carbonyl (C=O) groups excluding carboxylic acids is 1. The van der Waals surface area contributed by atoms with E-state index in [1.54, 1.807) is 17.2 Å². The van der Waals surface area contributed by atoms with Gasteiger partial charge in [0, 0.05) is 31.7 Å². The van der Waals surface area contributed by atoms with Gasteiger partial charge in [-0.2, -0.15) is 5.26 Å². The summed E-state index contributed by atoms with van der Waals surface area (Å²) in [5.74, 6) is 0.610. The number of amides is 2. The number of morpholine rings is 1. The second kappa shape index (κ2) is 8.12. The fourth-order valence-corrected chi connectivity index (χ4v) is 3.32. The lowest BCUT2D eigenvalue weighted by atomic mass is 10.2. The van der Waals surface area contributed by atoms with E-state index in [0.717, 1.165) is 10.6 Å². The van der Waals surface area contributed by atoms with Gasteiger partial charge in [0.15, 0.2) is 0 Å². The minimum Gasteiger partial charge on any atom is -0.368 e. The maximum Gasteiger partial charge on any atom is 0.317 e. The van der Waals surface area contributed by atoms with Crippen molar-refractivity contribution in [3.8, 4) is 6.07 Å². The Balaban J connectivity index is 1.60. The Morgan fingerprint density at radius 1 is 1.50 bits per heavy atom. The molecule has 1 aliphatic rings. The number of hydrogen-bond donors (Lipinski definition) is 1. The van der Waals surface area contributed by atoms with Gasteiger partial charge >= 0.3 is 6.03 Å². The van der Waals surface area contributed by atoms with Crippen molar-refractivity contribution < 1.29 is 9.53 Å². The lowest BCUT2D eigenvalue weighted by Gasteiger charge is -2.32. The molecule has 136 valence electrons. The molecule has 0 bridgehead atoms. The van der Waals surface area contributed by atoms with Crippen molar-refractivity contribution in [2.45, 2.75) is 12.6 Å². The fourth-order valence-electron chi connectivity index (χ4n) is 2.58. The van der Waals surface area contributed by atoms with Crippen molar-refractivity contribution in [1.82, 2.24) is 20.2 Å². The van der Waals surface area contributed by atoms with Gasteiger partial charge in [0.25, 0.3) is 0 Å². The highest BCUT2D eigenvalue weighted by atomic mass is 32.1. The van der Waals surface area contributed by atoms with Crippen molar-refractivity contribution in [3.63, 3.8) is 0 Å². The minimum atomic E-state index is -0.275. The van der Waals surface area contributed by atoms with Gasteiger partial charge in [-0.05, 0) is 18.2 Å². The number of carbonyl (C=O) groups is 1. The molecule has 0 aliphatic carbocycles. The Hall–Kier alpha value is -2.70. The molecule has 1 saturated heterocycles. The number of nitriles is 1. The molecule has 0 spiro atoms. The van der Waals surface area contributed by atoms with Crippen molar-refractivity contribution >= 4 is 23.3 Å². The number of nitrogens with one attached hydrogen (secondary N) is 1. The molecule has 1 unspecified atom stereocenters. The highest BCUT2D eigenvalue weighted by Crippen LogP contribution is 2.22. The lowest BCUT2D eigenvalue weighted by molar-refractivity contribution is -0.0176. The molecule has 1 atom stereocenters. The average Bonchev–Trinajstić information content (AvgIpc) is 3.14. The Morgan fingerprint density at radius 3 is 3.08 bits per heavy atom. The number of rotatable bonds is 4. The van der Waals surface area contributed by atoms with Gasteiger partial charge in [0.2, 0.25) is 5.95 Å². The first-order valence-corrected chi connectivity index (χ1v) is 9.02. The maximum atomic E-state index is 12.5. The summed E-state index contributed by atoms with van der Waals surface area (Å²) in [5, 5.41) is 11.8. The van der Waals surface area contributed by atoms with Gasteiger partial charge in [0.1, 0.15) is 17.1 Å². The van der Waals surface area contributed by atoms with E-state index >= 15 is 0 Å². The number of thiophene rings is 1. The summed E-state index contributed by atoms with van der Waals surface area (Å²) in [4.78, 5) is 26.3. The molecular weight excluding hydrogens is 352 g/mol. The summed E-state index contributed by atoms with van der Waals surface area (Å²) in [7, 11) is 3.76. The summed E-state index contributed by atoms with van der Waals surface area (Å²) < 4.78 is 5.80. The molecule has 1 aliphatic heterocycles. The number of urea groups is 1. The van der Waals surface area contributed by atoms with E-state index in [2.05, 4.69) is 21.4 Å². The number of hydrogen-bond acceptors (Lipinski definition) is 7. The van der Waals surface area contributed by atoms with Gasteiger partial charge in [-0.25, -0.2) is 14.8 Å². The second-order valence-corrected chi connectivity index (χ2v) is 7.19. The zero-order valence-corrected chi connectivity index (χ0v) is 15.5. The Kier molecular flexibility index (Phi) is 5.65. The molecule has 0 aromatic carbocycles. The third kappa shape index (κ3) is 4.28. The normalized spacial score (nSPS) is 16.8. The maximum absolute atomic E-state index is 12.5. The van der Waals surface area contributed by atoms with Crippen LogP contribution in [0.15, 0.2) is 24.4 Å². The van der Waals surface area contributed by atoms with E-state index in [9.17, 15) is 4.79 Å². The fraction of sp³-hybridized carbons (Fsp3) is 0.412. The molecule has 2 amide bonds. The van der Waals surface area contributed by atoms with Crippen molar-refractivity contribution in [2.75, 3.05) is 38.7 Å². The van der Waals surface area contributed by atoms with Crippen LogP contribution in [0.2, 0.25) is 0 Å². The lowest BCUT2D eigenvalue weighted by Crippen LogP contribution is -2.47. The molecule has 2 aromatic rings. The van der Waals surface area contributed by atoms with E-state index in [1.165, 1.54) is 11.3 Å². The van der Waals surface area contributed by atoms with Gasteiger partial charge in [-0.15, -0.1) is 11.3 Å². The van der Waals surface area contributed by atoms with E-state index in [1.807, 2.05) is 31.1 Å². The number of ether oxygens (including phenoxy) is 1. The van der Waals surface area contributed by atoms with E-state index in [4.69, 9.17) is 10.00 Å². The van der Waals surface area contributed by atoms with Gasteiger partial charge < -0.3 is 19.9 Å². The number of aromatic nitrogens is 2. The molecule has 26 heavy (non-hydrogen) atoms. The monoisotopic (exact) mass is 372 g/mol. The molecule has 1 fully saturated rings. The number of anilines is 1. The van der Waals surface area contributed by atoms with Crippen molar-refractivity contribution in [1.29, 1.82) is 5.26 Å². The minimum absolute atomic E-state index is 0.146. The van der Waals surface area contributed by atoms with Crippen molar-refractivity contribution in [2.24, 2.45) is 0 Å². The summed E-state index contributed by atoms with van der Waals surface area (Å²) in [6, 6.07) is 7.38. The average molecular weight is 372 g/mol. The van der Waals surface area contributed by atoms with Crippen LogP contribution < -0.4 is 10.2 Å². The topological polar surface area (TPSA) is 94.4 Å². The summed E-state index contributed by atoms with van der Waals surface area (Å²) >= 11 is 1.38. The van der Waals surface area contributed by atoms with Crippen LogP contribution in [0.5, 0.6) is 0 Å². The molecule has 3 rings (SSSR count). The summed E-state index contributed by atoms with van der Waals surface area (Å²) in [6.07, 6.45) is 1.42. The first-order chi connectivity index (χ1) is 12.6. The Labute approximate surface area is 156 Å². The van der Waals surface area contributed by atoms with Gasteiger partial charge in [0.05, 0.1) is 25.4 Å². The van der Waals surface area contributed by atoms with Crippen LogP contribution in [0, 0.1) is 11.3 Å². The van der Waals surface area contributed by atoms with Crippen LogP contribution in [-0.2, 0) is 11.3 Å². The standard InChI is InChI=1S/C17H20N6O2S/c1-22(2)16-19-6-5-14(21-16)15-11-23(7-8-25-15)17(24)20-10-13-4-3-12(9-18)26-13/h3-6,15H,7-8,10-11H2,1-2H3,(H,20,24). The summed E-state index contributed by atoms with van der Waals surface area (Å²) in [5.41, 5.74) is 0.762. The SMILES string of the molecule is CN(C)c1nccc(C2CN(C(=O)NCc3ccc(C#N)s3)CCO2)n1. The van der Waals surface area contributed by atoms with E-state index < -0.39 is 0 Å². The van der Waals surface area contributed by atoms with Gasteiger partial charge in [-0.3, -0.25) is 0 Å². The first-order valence-electron chi connectivity index (χ1n) is 8.20. The third-order valence-corrected chi connectivity index (χ3v) is 4.92. The smallest absolute Gasteiger partial charge is 0.317 e. The predicted molar refractivity (Wildman–Crippen MR) is 97.9 cm³/mol. The zero-order valence-electron chi connectivity index (χ0n) is 14.7. The molecule has 3 heterocycles. The molecule has 8 nitrogen and oxygen atoms in total. The molecule has 1 N–H and O–H groups in total. The molecule has 0 saturated carbocycles. The number of nitrogens with zero attached hydrogens (tertiary/aromatic N) is 5. The molecule has 2 aromatic heterocycles. The third-order valence-electron chi connectivity index (χ3n) is 3.93. The molecular formula is C17H20N6O2S.